The Labute approximate surface area is 78.2 Å². The molecule has 3 heteroatoms. The first-order valence-electron chi connectivity index (χ1n) is 3.52. The fraction of sp³-hybridized carbons (Fsp3) is 0.222. The van der Waals surface area contributed by atoms with Crippen molar-refractivity contribution in [2.45, 2.75) is 13.3 Å². The Morgan fingerprint density at radius 3 is 2.25 bits per heavy atom. The standard InChI is InChI=1S/C9H11NO.ClH/c1-7(11)6-8-2-4-9(10)5-3-8;/h2-5H,6,10H2,1H3;1H. The monoisotopic (exact) mass is 185 g/mol. The van der Waals surface area contributed by atoms with Crippen LogP contribution in [0.3, 0.4) is 0 Å². The zero-order chi connectivity index (χ0) is 8.27. The van der Waals surface area contributed by atoms with Gasteiger partial charge in [-0.2, -0.15) is 0 Å². The van der Waals surface area contributed by atoms with E-state index in [0.29, 0.717) is 6.42 Å². The highest BCUT2D eigenvalue weighted by Crippen LogP contribution is 2.05. The number of halogens is 1. The minimum atomic E-state index is 0. The number of Topliss-reactive ketones (excluding diaryl/α,β-unsaturated/α-hetero) is 1. The third-order valence-corrected chi connectivity index (χ3v) is 1.43. The quantitative estimate of drug-likeness (QED) is 0.715. The van der Waals surface area contributed by atoms with E-state index in [-0.39, 0.29) is 18.2 Å². The second-order valence-corrected chi connectivity index (χ2v) is 2.62. The molecule has 1 aromatic rings. The van der Waals surface area contributed by atoms with Crippen LogP contribution in [0.5, 0.6) is 0 Å². The van der Waals surface area contributed by atoms with E-state index < -0.39 is 0 Å². The molecule has 0 bridgehead atoms. The molecule has 0 atom stereocenters. The summed E-state index contributed by atoms with van der Waals surface area (Å²) in [4.78, 5) is 10.7. The number of nitrogen functional groups attached to an aromatic ring is 1. The maximum Gasteiger partial charge on any atom is 0.134 e. The molecule has 0 heterocycles. The fourth-order valence-corrected chi connectivity index (χ4v) is 0.923. The lowest BCUT2D eigenvalue weighted by Crippen LogP contribution is -1.96. The van der Waals surface area contributed by atoms with Crippen molar-refractivity contribution in [1.82, 2.24) is 0 Å². The lowest BCUT2D eigenvalue weighted by atomic mass is 10.1. The molecule has 0 aromatic heterocycles. The summed E-state index contributed by atoms with van der Waals surface area (Å²) in [6.07, 6.45) is 0.500. The molecule has 0 aliphatic heterocycles. The smallest absolute Gasteiger partial charge is 0.134 e. The Kier molecular flexibility index (Phi) is 4.37. The number of ketones is 1. The van der Waals surface area contributed by atoms with Crippen LogP contribution in [-0.2, 0) is 11.2 Å². The summed E-state index contributed by atoms with van der Waals surface area (Å²) in [6, 6.07) is 7.35. The van der Waals surface area contributed by atoms with Gasteiger partial charge in [-0.1, -0.05) is 12.1 Å². The molecule has 66 valence electrons. The average molecular weight is 186 g/mol. The van der Waals surface area contributed by atoms with Crippen molar-refractivity contribution in [3.05, 3.63) is 29.8 Å². The first kappa shape index (κ1) is 11.0. The molecular formula is C9H12ClNO. The van der Waals surface area contributed by atoms with Crippen LogP contribution in [-0.4, -0.2) is 5.78 Å². The Hall–Kier alpha value is -1.02. The van der Waals surface area contributed by atoms with Crippen molar-refractivity contribution < 1.29 is 4.79 Å². The van der Waals surface area contributed by atoms with Crippen LogP contribution in [0, 0.1) is 0 Å². The van der Waals surface area contributed by atoms with E-state index in [4.69, 9.17) is 5.73 Å². The zero-order valence-electron chi connectivity index (χ0n) is 6.91. The van der Waals surface area contributed by atoms with E-state index in [1.807, 2.05) is 12.1 Å². The molecule has 1 aromatic carbocycles. The van der Waals surface area contributed by atoms with Crippen LogP contribution < -0.4 is 5.73 Å². The Morgan fingerprint density at radius 1 is 1.33 bits per heavy atom. The SMILES string of the molecule is CC(=O)Cc1ccc(N)cc1.Cl. The Morgan fingerprint density at radius 2 is 1.83 bits per heavy atom. The maximum absolute atomic E-state index is 10.7. The first-order valence-corrected chi connectivity index (χ1v) is 3.52. The van der Waals surface area contributed by atoms with Crippen LogP contribution in [0.4, 0.5) is 5.69 Å². The van der Waals surface area contributed by atoms with Crippen molar-refractivity contribution in [1.29, 1.82) is 0 Å². The Balaban J connectivity index is 0.00000121. The van der Waals surface area contributed by atoms with Gasteiger partial charge in [-0.3, -0.25) is 4.79 Å². The van der Waals surface area contributed by atoms with Gasteiger partial charge < -0.3 is 5.73 Å². The molecule has 0 spiro atoms. The van der Waals surface area contributed by atoms with E-state index in [1.54, 1.807) is 19.1 Å². The van der Waals surface area contributed by atoms with Crippen molar-refractivity contribution in [3.63, 3.8) is 0 Å². The summed E-state index contributed by atoms with van der Waals surface area (Å²) in [7, 11) is 0. The minimum Gasteiger partial charge on any atom is -0.399 e. The van der Waals surface area contributed by atoms with Gasteiger partial charge in [0.05, 0.1) is 0 Å². The van der Waals surface area contributed by atoms with Crippen molar-refractivity contribution in [2.75, 3.05) is 5.73 Å². The van der Waals surface area contributed by atoms with Crippen LogP contribution in [0.1, 0.15) is 12.5 Å². The van der Waals surface area contributed by atoms with Crippen molar-refractivity contribution >= 4 is 23.9 Å². The summed E-state index contributed by atoms with van der Waals surface area (Å²) >= 11 is 0. The third kappa shape index (κ3) is 3.39. The van der Waals surface area contributed by atoms with E-state index in [0.717, 1.165) is 11.3 Å². The summed E-state index contributed by atoms with van der Waals surface area (Å²) in [5.41, 5.74) is 7.23. The number of hydrogen-bond acceptors (Lipinski definition) is 2. The van der Waals surface area contributed by atoms with E-state index >= 15 is 0 Å². The molecule has 2 nitrogen and oxygen atoms in total. The lowest BCUT2D eigenvalue weighted by molar-refractivity contribution is -0.116. The van der Waals surface area contributed by atoms with E-state index in [9.17, 15) is 4.79 Å². The molecule has 0 radical (unpaired) electrons. The molecule has 1 rings (SSSR count). The Bertz CT molecular complexity index is 256. The van der Waals surface area contributed by atoms with Gasteiger partial charge in [0.2, 0.25) is 0 Å². The number of carbonyl (C=O) groups is 1. The van der Waals surface area contributed by atoms with Crippen molar-refractivity contribution in [2.24, 2.45) is 0 Å². The predicted octanol–water partition coefficient (Wildman–Crippen LogP) is 1.82. The van der Waals surface area contributed by atoms with Crippen LogP contribution in [0.15, 0.2) is 24.3 Å². The highest BCUT2D eigenvalue weighted by molar-refractivity contribution is 5.85. The van der Waals surface area contributed by atoms with Gasteiger partial charge in [0.25, 0.3) is 0 Å². The number of carbonyl (C=O) groups excluding carboxylic acids is 1. The molecule has 0 fully saturated rings. The lowest BCUT2D eigenvalue weighted by Gasteiger charge is -1.96. The molecule has 0 aliphatic rings. The molecule has 0 saturated carbocycles. The second kappa shape index (κ2) is 4.78. The predicted molar refractivity (Wildman–Crippen MR) is 52.5 cm³/mol. The van der Waals surface area contributed by atoms with Crippen LogP contribution >= 0.6 is 12.4 Å². The van der Waals surface area contributed by atoms with Crippen LogP contribution in [0.25, 0.3) is 0 Å². The van der Waals surface area contributed by atoms with E-state index in [1.165, 1.54) is 0 Å². The summed E-state index contributed by atoms with van der Waals surface area (Å²) in [5, 5.41) is 0. The van der Waals surface area contributed by atoms with Gasteiger partial charge in [0.1, 0.15) is 5.78 Å². The van der Waals surface area contributed by atoms with Gasteiger partial charge in [0, 0.05) is 12.1 Å². The largest absolute Gasteiger partial charge is 0.399 e. The first-order chi connectivity index (χ1) is 5.18. The molecule has 0 saturated heterocycles. The average Bonchev–Trinajstić information content (AvgIpc) is 1.93. The van der Waals surface area contributed by atoms with Crippen LogP contribution in [0.2, 0.25) is 0 Å². The molecular weight excluding hydrogens is 174 g/mol. The zero-order valence-corrected chi connectivity index (χ0v) is 7.73. The molecule has 0 unspecified atom stereocenters. The summed E-state index contributed by atoms with van der Waals surface area (Å²) in [6.45, 7) is 1.58. The summed E-state index contributed by atoms with van der Waals surface area (Å²) in [5.74, 6) is 0.176. The van der Waals surface area contributed by atoms with Gasteiger partial charge in [-0.25, -0.2) is 0 Å². The minimum absolute atomic E-state index is 0. The van der Waals surface area contributed by atoms with E-state index in [2.05, 4.69) is 0 Å². The van der Waals surface area contributed by atoms with Gasteiger partial charge in [-0.05, 0) is 24.6 Å². The van der Waals surface area contributed by atoms with Gasteiger partial charge in [0.15, 0.2) is 0 Å². The third-order valence-electron chi connectivity index (χ3n) is 1.43. The summed E-state index contributed by atoms with van der Waals surface area (Å²) < 4.78 is 0. The molecule has 0 aliphatic carbocycles. The molecule has 2 N–H and O–H groups in total. The highest BCUT2D eigenvalue weighted by Gasteiger charge is 1.95. The number of benzene rings is 1. The topological polar surface area (TPSA) is 43.1 Å². The second-order valence-electron chi connectivity index (χ2n) is 2.62. The number of anilines is 1. The van der Waals surface area contributed by atoms with Gasteiger partial charge >= 0.3 is 0 Å². The molecule has 12 heavy (non-hydrogen) atoms. The highest BCUT2D eigenvalue weighted by atomic mass is 35.5. The number of hydrogen-bond donors (Lipinski definition) is 1. The number of nitrogens with two attached hydrogens (primary N) is 1. The number of rotatable bonds is 2. The maximum atomic E-state index is 10.7. The van der Waals surface area contributed by atoms with Crippen molar-refractivity contribution in [3.8, 4) is 0 Å². The fourth-order valence-electron chi connectivity index (χ4n) is 0.923. The molecule has 0 amide bonds. The van der Waals surface area contributed by atoms with Gasteiger partial charge in [-0.15, -0.1) is 12.4 Å². The normalized spacial score (nSPS) is 8.75.